The van der Waals surface area contributed by atoms with E-state index in [1.54, 1.807) is 28.0 Å². The Kier molecular flexibility index (Phi) is 6.34. The summed E-state index contributed by atoms with van der Waals surface area (Å²) in [4.78, 5) is 40.2. The molecule has 2 rings (SSSR count). The molecule has 136 valence electrons. The Hall–Kier alpha value is -2.17. The van der Waals surface area contributed by atoms with Crippen LogP contribution in [-0.2, 0) is 9.59 Å². The van der Waals surface area contributed by atoms with E-state index in [-0.39, 0.29) is 30.1 Å². The van der Waals surface area contributed by atoms with Crippen LogP contribution in [0.5, 0.6) is 0 Å². The molecule has 1 aromatic carbocycles. The molecule has 1 saturated heterocycles. The van der Waals surface area contributed by atoms with Gasteiger partial charge in [0.25, 0.3) is 0 Å². The molecular weight excluding hydrogens is 316 g/mol. The summed E-state index contributed by atoms with van der Waals surface area (Å²) in [5.41, 5.74) is 1.35. The average Bonchev–Trinajstić information content (AvgIpc) is 2.58. The predicted octanol–water partition coefficient (Wildman–Crippen LogP) is 3.14. The second-order valence-corrected chi connectivity index (χ2v) is 7.36. The van der Waals surface area contributed by atoms with E-state index in [0.717, 1.165) is 12.1 Å². The first kappa shape index (κ1) is 19.2. The van der Waals surface area contributed by atoms with Crippen molar-refractivity contribution in [3.05, 3.63) is 29.8 Å². The molecule has 0 saturated carbocycles. The molecule has 0 unspecified atom stereocenters. The third-order valence-corrected chi connectivity index (χ3v) is 4.48. The molecule has 0 atom stereocenters. The minimum Gasteiger partial charge on any atom is -0.332 e. The average molecular weight is 344 g/mol. The quantitative estimate of drug-likeness (QED) is 0.745. The molecule has 5 heteroatoms. The first-order chi connectivity index (χ1) is 11.8. The van der Waals surface area contributed by atoms with Crippen molar-refractivity contribution in [2.75, 3.05) is 24.5 Å². The number of Topliss-reactive ketones (excluding diaryl/α,β-unsaturated/α-hetero) is 1. The zero-order valence-corrected chi connectivity index (χ0v) is 15.6. The van der Waals surface area contributed by atoms with Crippen molar-refractivity contribution in [3.8, 4) is 0 Å². The van der Waals surface area contributed by atoms with Crippen LogP contribution >= 0.6 is 0 Å². The highest BCUT2D eigenvalue weighted by Crippen LogP contribution is 2.21. The summed E-state index contributed by atoms with van der Waals surface area (Å²) in [6, 6.07) is 7.20. The molecule has 0 spiro atoms. The monoisotopic (exact) mass is 344 g/mol. The molecule has 1 aliphatic heterocycles. The molecule has 0 radical (unpaired) electrons. The van der Waals surface area contributed by atoms with Crippen LogP contribution < -0.4 is 4.90 Å². The normalized spacial score (nSPS) is 15.2. The number of hydrogen-bond acceptors (Lipinski definition) is 3. The highest BCUT2D eigenvalue weighted by molar-refractivity contribution is 6.01. The maximum Gasteiger partial charge on any atom is 0.246 e. The third-order valence-electron chi connectivity index (χ3n) is 4.48. The number of benzene rings is 1. The molecule has 1 heterocycles. The standard InChI is InChI=1S/C20H28N2O3/c1-14(2)8-9-18(23)21-10-11-22(19(24)13-21)17-7-5-6-16(12-17)20(25)15(3)4/h5-7,12,14-15H,8-11,13H2,1-4H3. The molecule has 1 fully saturated rings. The summed E-state index contributed by atoms with van der Waals surface area (Å²) < 4.78 is 0. The first-order valence-corrected chi connectivity index (χ1v) is 9.02. The molecule has 0 bridgehead atoms. The SMILES string of the molecule is CC(C)CCC(=O)N1CCN(c2cccc(C(=O)C(C)C)c2)C(=O)C1. The lowest BCUT2D eigenvalue weighted by Gasteiger charge is -2.34. The van der Waals surface area contributed by atoms with Crippen molar-refractivity contribution in [2.24, 2.45) is 11.8 Å². The van der Waals surface area contributed by atoms with Gasteiger partial charge in [0, 0.05) is 36.7 Å². The number of nitrogens with zero attached hydrogens (tertiary/aromatic N) is 2. The van der Waals surface area contributed by atoms with Crippen LogP contribution in [-0.4, -0.2) is 42.1 Å². The van der Waals surface area contributed by atoms with E-state index in [9.17, 15) is 14.4 Å². The number of carbonyl (C=O) groups is 3. The smallest absolute Gasteiger partial charge is 0.246 e. The Labute approximate surface area is 150 Å². The van der Waals surface area contributed by atoms with Crippen LogP contribution in [0, 0.1) is 11.8 Å². The van der Waals surface area contributed by atoms with E-state index in [4.69, 9.17) is 0 Å². The number of anilines is 1. The van der Waals surface area contributed by atoms with Gasteiger partial charge in [-0.3, -0.25) is 14.4 Å². The Morgan fingerprint density at radius 3 is 2.44 bits per heavy atom. The third kappa shape index (κ3) is 4.91. The largest absolute Gasteiger partial charge is 0.332 e. The fourth-order valence-corrected chi connectivity index (χ4v) is 2.89. The maximum absolute atomic E-state index is 12.5. The first-order valence-electron chi connectivity index (χ1n) is 9.02. The summed E-state index contributed by atoms with van der Waals surface area (Å²) in [6.07, 6.45) is 1.33. The molecule has 25 heavy (non-hydrogen) atoms. The van der Waals surface area contributed by atoms with Gasteiger partial charge in [-0.1, -0.05) is 39.8 Å². The van der Waals surface area contributed by atoms with Crippen LogP contribution in [0.2, 0.25) is 0 Å². The van der Waals surface area contributed by atoms with Crippen molar-refractivity contribution < 1.29 is 14.4 Å². The number of hydrogen-bond donors (Lipinski definition) is 0. The van der Waals surface area contributed by atoms with E-state index in [1.165, 1.54) is 0 Å². The minimum atomic E-state index is -0.0988. The van der Waals surface area contributed by atoms with Crippen LogP contribution in [0.25, 0.3) is 0 Å². The number of rotatable bonds is 6. The molecule has 0 aromatic heterocycles. The van der Waals surface area contributed by atoms with Crippen molar-refractivity contribution in [3.63, 3.8) is 0 Å². The summed E-state index contributed by atoms with van der Waals surface area (Å²) in [7, 11) is 0. The Morgan fingerprint density at radius 1 is 1.12 bits per heavy atom. The van der Waals surface area contributed by atoms with E-state index < -0.39 is 0 Å². The number of piperazine rings is 1. The molecule has 1 aliphatic rings. The van der Waals surface area contributed by atoms with Crippen molar-refractivity contribution in [1.82, 2.24) is 4.90 Å². The second kappa shape index (κ2) is 8.28. The highest BCUT2D eigenvalue weighted by atomic mass is 16.2. The van der Waals surface area contributed by atoms with E-state index in [0.29, 0.717) is 31.0 Å². The number of carbonyl (C=O) groups excluding carboxylic acids is 3. The van der Waals surface area contributed by atoms with Gasteiger partial charge in [-0.2, -0.15) is 0 Å². The summed E-state index contributed by atoms with van der Waals surface area (Å²) in [5.74, 6) is 0.407. The fraction of sp³-hybridized carbons (Fsp3) is 0.550. The summed E-state index contributed by atoms with van der Waals surface area (Å²) in [6.45, 7) is 9.00. The number of amides is 2. The van der Waals surface area contributed by atoms with Gasteiger partial charge in [0.05, 0.1) is 0 Å². The van der Waals surface area contributed by atoms with Crippen LogP contribution in [0.4, 0.5) is 5.69 Å². The minimum absolute atomic E-state index is 0.0467. The van der Waals surface area contributed by atoms with E-state index in [2.05, 4.69) is 13.8 Å². The van der Waals surface area contributed by atoms with Gasteiger partial charge >= 0.3 is 0 Å². The fourth-order valence-electron chi connectivity index (χ4n) is 2.89. The lowest BCUT2D eigenvalue weighted by Crippen LogP contribution is -2.52. The zero-order chi connectivity index (χ0) is 18.6. The molecule has 5 nitrogen and oxygen atoms in total. The van der Waals surface area contributed by atoms with Crippen LogP contribution in [0.15, 0.2) is 24.3 Å². The van der Waals surface area contributed by atoms with Crippen molar-refractivity contribution in [1.29, 1.82) is 0 Å². The molecule has 0 N–H and O–H groups in total. The Balaban J connectivity index is 2.04. The van der Waals surface area contributed by atoms with Gasteiger partial charge in [0.1, 0.15) is 6.54 Å². The highest BCUT2D eigenvalue weighted by Gasteiger charge is 2.28. The Morgan fingerprint density at radius 2 is 1.84 bits per heavy atom. The number of ketones is 1. The second-order valence-electron chi connectivity index (χ2n) is 7.36. The van der Waals surface area contributed by atoms with Gasteiger partial charge in [-0.15, -0.1) is 0 Å². The van der Waals surface area contributed by atoms with Crippen molar-refractivity contribution >= 4 is 23.3 Å². The lowest BCUT2D eigenvalue weighted by molar-refractivity contribution is -0.137. The van der Waals surface area contributed by atoms with Crippen LogP contribution in [0.3, 0.4) is 0 Å². The Bertz CT molecular complexity index is 652. The van der Waals surface area contributed by atoms with Gasteiger partial charge in [0.15, 0.2) is 5.78 Å². The van der Waals surface area contributed by atoms with Gasteiger partial charge in [-0.05, 0) is 24.5 Å². The summed E-state index contributed by atoms with van der Waals surface area (Å²) in [5, 5.41) is 0. The molecule has 0 aliphatic carbocycles. The van der Waals surface area contributed by atoms with Gasteiger partial charge < -0.3 is 9.80 Å². The summed E-state index contributed by atoms with van der Waals surface area (Å²) >= 11 is 0. The molecular formula is C20H28N2O3. The van der Waals surface area contributed by atoms with E-state index >= 15 is 0 Å². The van der Waals surface area contributed by atoms with Crippen LogP contribution in [0.1, 0.15) is 50.9 Å². The van der Waals surface area contributed by atoms with E-state index in [1.807, 2.05) is 19.9 Å². The zero-order valence-electron chi connectivity index (χ0n) is 15.6. The lowest BCUT2D eigenvalue weighted by atomic mass is 10.0. The maximum atomic E-state index is 12.5. The van der Waals surface area contributed by atoms with Crippen molar-refractivity contribution in [2.45, 2.75) is 40.5 Å². The predicted molar refractivity (Wildman–Crippen MR) is 98.6 cm³/mol. The van der Waals surface area contributed by atoms with Gasteiger partial charge in [-0.25, -0.2) is 0 Å². The molecule has 2 amide bonds. The van der Waals surface area contributed by atoms with Gasteiger partial charge in [0.2, 0.25) is 11.8 Å². The molecule has 1 aromatic rings. The topological polar surface area (TPSA) is 57.7 Å².